The molecule has 2 N–H and O–H groups in total. The summed E-state index contributed by atoms with van der Waals surface area (Å²) in [5.74, 6) is -0.523. The van der Waals surface area contributed by atoms with E-state index >= 15 is 0 Å². The van der Waals surface area contributed by atoms with Gasteiger partial charge in [-0.3, -0.25) is 9.78 Å². The molecule has 9 heteroatoms. The van der Waals surface area contributed by atoms with Crippen molar-refractivity contribution in [3.8, 4) is 23.1 Å². The SMILES string of the molecule is N#Cc1c(-c2ccccc2)nc(NN=Cc2ccc(OCc3cc(F)ccc3F)cc2)[nH]c1=O. The van der Waals surface area contributed by atoms with Gasteiger partial charge in [-0.25, -0.2) is 19.2 Å². The summed E-state index contributed by atoms with van der Waals surface area (Å²) >= 11 is 0. The van der Waals surface area contributed by atoms with Crippen LogP contribution in [0.3, 0.4) is 0 Å². The first-order valence-corrected chi connectivity index (χ1v) is 10.1. The number of ether oxygens (including phenoxy) is 1. The van der Waals surface area contributed by atoms with Crippen molar-refractivity contribution < 1.29 is 13.5 Å². The summed E-state index contributed by atoms with van der Waals surface area (Å²) in [4.78, 5) is 19.1. The lowest BCUT2D eigenvalue weighted by Crippen LogP contribution is -2.16. The van der Waals surface area contributed by atoms with Crippen LogP contribution in [-0.2, 0) is 6.61 Å². The second kappa shape index (κ2) is 10.2. The van der Waals surface area contributed by atoms with E-state index in [-0.39, 0.29) is 29.4 Å². The molecule has 0 aliphatic heterocycles. The highest BCUT2D eigenvalue weighted by Gasteiger charge is 2.12. The Kier molecular flexibility index (Phi) is 6.70. The zero-order valence-electron chi connectivity index (χ0n) is 17.6. The Morgan fingerprint density at radius 1 is 1.09 bits per heavy atom. The van der Waals surface area contributed by atoms with Crippen molar-refractivity contribution in [2.75, 3.05) is 5.43 Å². The van der Waals surface area contributed by atoms with Gasteiger partial charge in [0, 0.05) is 11.1 Å². The second-order valence-electron chi connectivity index (χ2n) is 7.08. The van der Waals surface area contributed by atoms with Gasteiger partial charge >= 0.3 is 0 Å². The molecule has 0 amide bonds. The molecular formula is C25H17F2N5O2. The molecule has 4 rings (SSSR count). The zero-order valence-corrected chi connectivity index (χ0v) is 17.6. The van der Waals surface area contributed by atoms with Crippen LogP contribution < -0.4 is 15.7 Å². The summed E-state index contributed by atoms with van der Waals surface area (Å²) in [6.45, 7) is -0.111. The average molecular weight is 457 g/mol. The third-order valence-corrected chi connectivity index (χ3v) is 4.74. The number of hydrogen-bond donors (Lipinski definition) is 2. The lowest BCUT2D eigenvalue weighted by molar-refractivity contribution is 0.299. The summed E-state index contributed by atoms with van der Waals surface area (Å²) in [7, 11) is 0. The third-order valence-electron chi connectivity index (χ3n) is 4.74. The number of nitriles is 1. The number of aromatic nitrogens is 2. The van der Waals surface area contributed by atoms with Crippen molar-refractivity contribution >= 4 is 12.2 Å². The summed E-state index contributed by atoms with van der Waals surface area (Å²) in [5.41, 5.74) is 3.69. The molecule has 0 aliphatic carbocycles. The Balaban J connectivity index is 1.43. The lowest BCUT2D eigenvalue weighted by Gasteiger charge is -2.08. The number of halogens is 2. The normalized spacial score (nSPS) is 10.7. The Morgan fingerprint density at radius 3 is 2.59 bits per heavy atom. The molecule has 34 heavy (non-hydrogen) atoms. The predicted octanol–water partition coefficient (Wildman–Crippen LogP) is 4.61. The molecule has 0 aliphatic rings. The van der Waals surface area contributed by atoms with Crippen LogP contribution >= 0.6 is 0 Å². The molecule has 7 nitrogen and oxygen atoms in total. The molecule has 0 fully saturated rings. The van der Waals surface area contributed by atoms with Crippen LogP contribution in [0.2, 0.25) is 0 Å². The Morgan fingerprint density at radius 2 is 1.85 bits per heavy atom. The number of hydrazone groups is 1. The summed E-state index contributed by atoms with van der Waals surface area (Å²) < 4.78 is 32.4. The second-order valence-corrected chi connectivity index (χ2v) is 7.08. The molecule has 3 aromatic carbocycles. The van der Waals surface area contributed by atoms with Crippen molar-refractivity contribution in [1.82, 2.24) is 9.97 Å². The smallest absolute Gasteiger partial charge is 0.270 e. The minimum absolute atomic E-state index is 0.0798. The van der Waals surface area contributed by atoms with Gasteiger partial charge in [0.15, 0.2) is 0 Å². The van der Waals surface area contributed by atoms with E-state index in [0.717, 1.165) is 18.2 Å². The van der Waals surface area contributed by atoms with Gasteiger partial charge in [0.1, 0.15) is 35.6 Å². The number of benzene rings is 3. The standard InChI is InChI=1S/C25H17F2N5O2/c26-19-8-11-22(27)18(12-19)15-34-20-9-6-16(7-10-20)14-29-32-25-30-23(17-4-2-1-3-5-17)21(13-28)24(33)31-25/h1-12,14H,15H2,(H2,30,31,32,33). The molecule has 0 bridgehead atoms. The first-order chi connectivity index (χ1) is 16.5. The fourth-order valence-electron chi connectivity index (χ4n) is 3.07. The number of aromatic amines is 1. The van der Waals surface area contributed by atoms with Crippen LogP contribution in [0.15, 0.2) is 82.7 Å². The highest BCUT2D eigenvalue weighted by molar-refractivity contribution is 5.80. The van der Waals surface area contributed by atoms with Crippen LogP contribution in [0.5, 0.6) is 5.75 Å². The van der Waals surface area contributed by atoms with E-state index < -0.39 is 17.2 Å². The minimum atomic E-state index is -0.578. The van der Waals surface area contributed by atoms with E-state index in [9.17, 15) is 18.8 Å². The van der Waals surface area contributed by atoms with Crippen molar-refractivity contribution in [2.45, 2.75) is 6.61 Å². The highest BCUT2D eigenvalue weighted by atomic mass is 19.1. The van der Waals surface area contributed by atoms with E-state index in [2.05, 4.69) is 20.5 Å². The maximum absolute atomic E-state index is 13.7. The van der Waals surface area contributed by atoms with E-state index in [4.69, 9.17) is 4.74 Å². The Bertz CT molecular complexity index is 1430. The molecular weight excluding hydrogens is 440 g/mol. The van der Waals surface area contributed by atoms with Gasteiger partial charge in [0.05, 0.1) is 11.9 Å². The molecule has 0 saturated carbocycles. The number of nitrogens with zero attached hydrogens (tertiary/aromatic N) is 3. The number of rotatable bonds is 7. The largest absolute Gasteiger partial charge is 0.489 e. The van der Waals surface area contributed by atoms with Crippen LogP contribution in [-0.4, -0.2) is 16.2 Å². The Labute approximate surface area is 193 Å². The average Bonchev–Trinajstić information content (AvgIpc) is 2.85. The van der Waals surface area contributed by atoms with Gasteiger partial charge in [-0.15, -0.1) is 0 Å². The summed E-state index contributed by atoms with van der Waals surface area (Å²) in [6, 6.07) is 20.7. The number of H-pyrrole nitrogens is 1. The summed E-state index contributed by atoms with van der Waals surface area (Å²) in [6.07, 6.45) is 1.50. The predicted molar refractivity (Wildman–Crippen MR) is 123 cm³/mol. The van der Waals surface area contributed by atoms with E-state index in [1.807, 2.05) is 12.1 Å². The van der Waals surface area contributed by atoms with Crippen molar-refractivity contribution in [1.29, 1.82) is 5.26 Å². The number of anilines is 1. The fourth-order valence-corrected chi connectivity index (χ4v) is 3.07. The molecule has 0 radical (unpaired) electrons. The lowest BCUT2D eigenvalue weighted by atomic mass is 10.1. The quantitative estimate of drug-likeness (QED) is 0.312. The van der Waals surface area contributed by atoms with Crippen molar-refractivity contribution in [2.24, 2.45) is 5.10 Å². The van der Waals surface area contributed by atoms with Crippen LogP contribution in [0.1, 0.15) is 16.7 Å². The number of hydrogen-bond acceptors (Lipinski definition) is 6. The van der Waals surface area contributed by atoms with Gasteiger partial charge in [-0.1, -0.05) is 30.3 Å². The molecule has 0 saturated heterocycles. The molecule has 4 aromatic rings. The van der Waals surface area contributed by atoms with Gasteiger partial charge in [0.2, 0.25) is 5.95 Å². The van der Waals surface area contributed by atoms with Crippen molar-refractivity contribution in [3.63, 3.8) is 0 Å². The first-order valence-electron chi connectivity index (χ1n) is 10.1. The molecule has 168 valence electrons. The maximum atomic E-state index is 13.7. The Hall–Kier alpha value is -4.84. The van der Waals surface area contributed by atoms with Crippen molar-refractivity contribution in [3.05, 3.63) is 111 Å². The maximum Gasteiger partial charge on any atom is 0.270 e. The molecule has 1 aromatic heterocycles. The topological polar surface area (TPSA) is 103 Å². The molecule has 0 atom stereocenters. The van der Waals surface area contributed by atoms with Gasteiger partial charge in [0.25, 0.3) is 5.56 Å². The van der Waals surface area contributed by atoms with Crippen LogP contribution in [0, 0.1) is 23.0 Å². The first kappa shape index (κ1) is 22.4. The van der Waals surface area contributed by atoms with Crippen LogP contribution in [0.4, 0.5) is 14.7 Å². The molecule has 0 unspecified atom stereocenters. The molecule has 0 spiro atoms. The highest BCUT2D eigenvalue weighted by Crippen LogP contribution is 2.20. The van der Waals surface area contributed by atoms with Crippen LogP contribution in [0.25, 0.3) is 11.3 Å². The van der Waals surface area contributed by atoms with E-state index in [0.29, 0.717) is 16.9 Å². The van der Waals surface area contributed by atoms with E-state index in [1.165, 1.54) is 6.21 Å². The van der Waals surface area contributed by atoms with Gasteiger partial charge in [-0.2, -0.15) is 10.4 Å². The molecule has 1 heterocycles. The monoisotopic (exact) mass is 457 g/mol. The summed E-state index contributed by atoms with van der Waals surface area (Å²) in [5, 5.41) is 13.4. The fraction of sp³-hybridized carbons (Fsp3) is 0.0400. The third kappa shape index (κ3) is 5.31. The van der Waals surface area contributed by atoms with Gasteiger partial charge in [-0.05, 0) is 48.0 Å². The number of nitrogens with one attached hydrogen (secondary N) is 2. The van der Waals surface area contributed by atoms with E-state index in [1.54, 1.807) is 48.5 Å². The zero-order chi connectivity index (χ0) is 23.9. The minimum Gasteiger partial charge on any atom is -0.489 e. The van der Waals surface area contributed by atoms with Gasteiger partial charge < -0.3 is 4.74 Å².